The van der Waals surface area contributed by atoms with Crippen LogP contribution in [-0.4, -0.2) is 34.1 Å². The van der Waals surface area contributed by atoms with Crippen LogP contribution in [0.3, 0.4) is 0 Å². The summed E-state index contributed by atoms with van der Waals surface area (Å²) < 4.78 is 2.18. The highest BCUT2D eigenvalue weighted by molar-refractivity contribution is 7.11. The number of imidazole rings is 1. The Labute approximate surface area is 142 Å². The van der Waals surface area contributed by atoms with E-state index in [4.69, 9.17) is 0 Å². The molecule has 0 radical (unpaired) electrons. The van der Waals surface area contributed by atoms with E-state index in [1.807, 2.05) is 26.2 Å². The molecule has 0 fully saturated rings. The lowest BCUT2D eigenvalue weighted by molar-refractivity contribution is 0.588. The van der Waals surface area contributed by atoms with Gasteiger partial charge in [0.05, 0.1) is 17.2 Å². The summed E-state index contributed by atoms with van der Waals surface area (Å²) >= 11 is 1.73. The minimum absolute atomic E-state index is 0.769. The van der Waals surface area contributed by atoms with Gasteiger partial charge in [0.25, 0.3) is 0 Å². The molecule has 0 atom stereocenters. The smallest absolute Gasteiger partial charge is 0.191 e. The van der Waals surface area contributed by atoms with E-state index in [1.54, 1.807) is 18.4 Å². The molecule has 6 nitrogen and oxygen atoms in total. The largest absolute Gasteiger partial charge is 0.356 e. The molecule has 2 aromatic heterocycles. The quantitative estimate of drug-likeness (QED) is 0.463. The Morgan fingerprint density at radius 3 is 2.70 bits per heavy atom. The van der Waals surface area contributed by atoms with Gasteiger partial charge in [0.1, 0.15) is 5.82 Å². The molecule has 126 valence electrons. The molecule has 0 spiro atoms. The molecule has 0 bridgehead atoms. The fraction of sp³-hybridized carbons (Fsp3) is 0.562. The molecule has 0 aliphatic carbocycles. The fourth-order valence-corrected chi connectivity index (χ4v) is 3.25. The first-order chi connectivity index (χ1) is 11.1. The van der Waals surface area contributed by atoms with E-state index in [-0.39, 0.29) is 0 Å². The van der Waals surface area contributed by atoms with E-state index < -0.39 is 0 Å². The SMILES string of the molecule is CN=C(NCCCCn1ccnc1C)NCc1sc(C)nc1C. The van der Waals surface area contributed by atoms with Crippen molar-refractivity contribution in [3.8, 4) is 0 Å². The van der Waals surface area contributed by atoms with Crippen molar-refractivity contribution < 1.29 is 0 Å². The van der Waals surface area contributed by atoms with Gasteiger partial charge in [-0.1, -0.05) is 0 Å². The van der Waals surface area contributed by atoms with Gasteiger partial charge in [-0.25, -0.2) is 9.97 Å². The summed E-state index contributed by atoms with van der Waals surface area (Å²) in [7, 11) is 1.80. The summed E-state index contributed by atoms with van der Waals surface area (Å²) in [6.07, 6.45) is 6.09. The van der Waals surface area contributed by atoms with E-state index >= 15 is 0 Å². The summed E-state index contributed by atoms with van der Waals surface area (Å²) in [6.45, 7) is 8.82. The molecule has 0 aliphatic rings. The topological polar surface area (TPSA) is 67.1 Å². The molecule has 0 amide bonds. The molecule has 0 unspecified atom stereocenters. The average Bonchev–Trinajstić information content (AvgIpc) is 3.07. The van der Waals surface area contributed by atoms with Gasteiger partial charge in [-0.3, -0.25) is 4.99 Å². The first-order valence-electron chi connectivity index (χ1n) is 7.95. The van der Waals surface area contributed by atoms with Crippen molar-refractivity contribution in [3.63, 3.8) is 0 Å². The molecule has 0 saturated carbocycles. The molecule has 2 rings (SSSR count). The monoisotopic (exact) mass is 334 g/mol. The number of aryl methyl sites for hydroxylation is 4. The van der Waals surface area contributed by atoms with Crippen molar-refractivity contribution in [2.24, 2.45) is 4.99 Å². The Morgan fingerprint density at radius 1 is 1.26 bits per heavy atom. The van der Waals surface area contributed by atoms with Crippen molar-refractivity contribution in [2.45, 2.75) is 46.7 Å². The van der Waals surface area contributed by atoms with Crippen LogP contribution in [0, 0.1) is 20.8 Å². The van der Waals surface area contributed by atoms with Gasteiger partial charge in [0.2, 0.25) is 0 Å². The third kappa shape index (κ3) is 5.35. The molecule has 7 heteroatoms. The molecule has 0 aromatic carbocycles. The number of thiazole rings is 1. The number of guanidine groups is 1. The number of nitrogens with zero attached hydrogens (tertiary/aromatic N) is 4. The molecule has 23 heavy (non-hydrogen) atoms. The summed E-state index contributed by atoms with van der Waals surface area (Å²) in [5.41, 5.74) is 1.10. The lowest BCUT2D eigenvalue weighted by Crippen LogP contribution is -2.37. The molecular formula is C16H26N6S. The zero-order valence-electron chi connectivity index (χ0n) is 14.4. The first kappa shape index (κ1) is 17.5. The van der Waals surface area contributed by atoms with Crippen molar-refractivity contribution >= 4 is 17.3 Å². The van der Waals surface area contributed by atoms with Crippen LogP contribution in [0.15, 0.2) is 17.4 Å². The standard InChI is InChI=1S/C16H26N6S/c1-12-15(23-14(3)21-12)11-20-16(17-4)19-7-5-6-9-22-10-8-18-13(22)2/h8,10H,5-7,9,11H2,1-4H3,(H2,17,19,20). The van der Waals surface area contributed by atoms with Gasteiger partial charge in [-0.05, 0) is 33.6 Å². The number of nitrogens with one attached hydrogen (secondary N) is 2. The average molecular weight is 334 g/mol. The third-order valence-electron chi connectivity index (χ3n) is 3.68. The van der Waals surface area contributed by atoms with Crippen LogP contribution in [0.25, 0.3) is 0 Å². The second-order valence-electron chi connectivity index (χ2n) is 5.47. The van der Waals surface area contributed by atoms with Crippen LogP contribution in [0.5, 0.6) is 0 Å². The molecule has 0 saturated heterocycles. The lowest BCUT2D eigenvalue weighted by Gasteiger charge is -2.11. The third-order valence-corrected chi connectivity index (χ3v) is 4.75. The highest BCUT2D eigenvalue weighted by Crippen LogP contribution is 2.16. The molecule has 2 aromatic rings. The Hall–Kier alpha value is -1.89. The van der Waals surface area contributed by atoms with E-state index in [1.165, 1.54) is 4.88 Å². The Morgan fingerprint density at radius 2 is 2.09 bits per heavy atom. The minimum atomic E-state index is 0.769. The predicted molar refractivity (Wildman–Crippen MR) is 96.0 cm³/mol. The van der Waals surface area contributed by atoms with Crippen molar-refractivity contribution in [3.05, 3.63) is 33.8 Å². The number of aromatic nitrogens is 3. The zero-order chi connectivity index (χ0) is 16.7. The summed E-state index contributed by atoms with van der Waals surface area (Å²) in [5, 5.41) is 7.81. The van der Waals surface area contributed by atoms with Gasteiger partial charge >= 0.3 is 0 Å². The van der Waals surface area contributed by atoms with Crippen LogP contribution in [0.2, 0.25) is 0 Å². The highest BCUT2D eigenvalue weighted by atomic mass is 32.1. The van der Waals surface area contributed by atoms with Crippen molar-refractivity contribution in [2.75, 3.05) is 13.6 Å². The Bertz CT molecular complexity index is 643. The van der Waals surface area contributed by atoms with Crippen LogP contribution in [-0.2, 0) is 13.1 Å². The molecule has 2 heterocycles. The summed E-state index contributed by atoms with van der Waals surface area (Å²) in [5.74, 6) is 1.92. The predicted octanol–water partition coefficient (Wildman–Crippen LogP) is 2.41. The lowest BCUT2D eigenvalue weighted by atomic mass is 10.3. The van der Waals surface area contributed by atoms with Crippen LogP contribution in [0.1, 0.15) is 34.2 Å². The number of unbranched alkanes of at least 4 members (excludes halogenated alkanes) is 1. The Balaban J connectivity index is 1.65. The number of hydrogen-bond acceptors (Lipinski definition) is 4. The number of aliphatic imine (C=N–C) groups is 1. The second kappa shape index (κ2) is 8.67. The maximum atomic E-state index is 4.44. The fourth-order valence-electron chi connectivity index (χ4n) is 2.38. The number of hydrogen-bond donors (Lipinski definition) is 2. The van der Waals surface area contributed by atoms with E-state index in [9.17, 15) is 0 Å². The second-order valence-corrected chi connectivity index (χ2v) is 6.76. The van der Waals surface area contributed by atoms with E-state index in [0.717, 1.165) is 55.0 Å². The van der Waals surface area contributed by atoms with Gasteiger partial charge in [0.15, 0.2) is 5.96 Å². The van der Waals surface area contributed by atoms with Gasteiger partial charge in [-0.15, -0.1) is 11.3 Å². The van der Waals surface area contributed by atoms with Crippen LogP contribution >= 0.6 is 11.3 Å². The maximum absolute atomic E-state index is 4.44. The summed E-state index contributed by atoms with van der Waals surface area (Å²) in [4.78, 5) is 14.2. The first-order valence-corrected chi connectivity index (χ1v) is 8.77. The zero-order valence-corrected chi connectivity index (χ0v) is 15.2. The maximum Gasteiger partial charge on any atom is 0.191 e. The summed E-state index contributed by atoms with van der Waals surface area (Å²) in [6, 6.07) is 0. The highest BCUT2D eigenvalue weighted by Gasteiger charge is 2.05. The van der Waals surface area contributed by atoms with Crippen molar-refractivity contribution in [1.29, 1.82) is 0 Å². The number of rotatable bonds is 7. The Kier molecular flexibility index (Phi) is 6.58. The van der Waals surface area contributed by atoms with Gasteiger partial charge in [-0.2, -0.15) is 0 Å². The molecule has 0 aliphatic heterocycles. The minimum Gasteiger partial charge on any atom is -0.356 e. The van der Waals surface area contributed by atoms with Gasteiger partial charge in [0, 0.05) is 37.4 Å². The molecule has 2 N–H and O–H groups in total. The van der Waals surface area contributed by atoms with Gasteiger partial charge < -0.3 is 15.2 Å². The van der Waals surface area contributed by atoms with Crippen LogP contribution < -0.4 is 10.6 Å². The van der Waals surface area contributed by atoms with E-state index in [2.05, 4.69) is 37.1 Å². The van der Waals surface area contributed by atoms with Crippen LogP contribution in [0.4, 0.5) is 0 Å². The van der Waals surface area contributed by atoms with E-state index in [0.29, 0.717) is 0 Å². The van der Waals surface area contributed by atoms with Crippen molar-refractivity contribution in [1.82, 2.24) is 25.2 Å². The normalized spacial score (nSPS) is 11.7. The molecular weight excluding hydrogens is 308 g/mol.